The molecule has 1 fully saturated rings. The van der Waals surface area contributed by atoms with E-state index in [2.05, 4.69) is 44.0 Å². The molecule has 0 aliphatic carbocycles. The quantitative estimate of drug-likeness (QED) is 0.738. The van der Waals surface area contributed by atoms with E-state index in [1.54, 1.807) is 0 Å². The number of hydrogen-bond donors (Lipinski definition) is 0. The predicted molar refractivity (Wildman–Crippen MR) is 72.0 cm³/mol. The van der Waals surface area contributed by atoms with Gasteiger partial charge in [-0.1, -0.05) is 15.9 Å². The van der Waals surface area contributed by atoms with Gasteiger partial charge in [0.2, 0.25) is 0 Å². The summed E-state index contributed by atoms with van der Waals surface area (Å²) in [6.07, 6.45) is 3.60. The monoisotopic (exact) mass is 352 g/mol. The van der Waals surface area contributed by atoms with Crippen molar-refractivity contribution < 1.29 is 4.74 Å². The highest BCUT2D eigenvalue weighted by Crippen LogP contribution is 2.36. The smallest absolute Gasteiger partial charge is 0.0701 e. The molecule has 0 spiro atoms. The lowest BCUT2D eigenvalue weighted by Crippen LogP contribution is -2.35. The van der Waals surface area contributed by atoms with Gasteiger partial charge in [0.15, 0.2) is 0 Å². The topological polar surface area (TPSA) is 9.23 Å². The zero-order valence-corrected chi connectivity index (χ0v) is 12.5. The third-order valence-corrected chi connectivity index (χ3v) is 5.68. The summed E-state index contributed by atoms with van der Waals surface area (Å²) in [4.78, 5) is 1.45. The van der Waals surface area contributed by atoms with Crippen LogP contribution >= 0.6 is 43.2 Å². The van der Waals surface area contributed by atoms with Gasteiger partial charge in [0.05, 0.1) is 10.4 Å². The number of halogens is 2. The predicted octanol–water partition coefficient (Wildman–Crippen LogP) is 4.24. The van der Waals surface area contributed by atoms with Gasteiger partial charge in [0.1, 0.15) is 0 Å². The van der Waals surface area contributed by atoms with Crippen molar-refractivity contribution in [1.29, 1.82) is 0 Å². The first-order chi connectivity index (χ1) is 7.24. The Bertz CT molecular complexity index is 318. The minimum absolute atomic E-state index is 0.322. The van der Waals surface area contributed by atoms with Crippen molar-refractivity contribution in [2.45, 2.75) is 19.3 Å². The number of ether oxygens (including phenoxy) is 1. The van der Waals surface area contributed by atoms with Crippen LogP contribution in [0, 0.1) is 5.41 Å². The molecule has 1 aliphatic rings. The fourth-order valence-electron chi connectivity index (χ4n) is 2.02. The van der Waals surface area contributed by atoms with Crippen LogP contribution in [0.1, 0.15) is 17.7 Å². The maximum atomic E-state index is 5.62. The van der Waals surface area contributed by atoms with E-state index >= 15 is 0 Å². The van der Waals surface area contributed by atoms with Crippen molar-refractivity contribution in [3.8, 4) is 0 Å². The molecule has 1 aromatic heterocycles. The summed E-state index contributed by atoms with van der Waals surface area (Å²) < 4.78 is 6.84. The Morgan fingerprint density at radius 1 is 1.47 bits per heavy atom. The summed E-state index contributed by atoms with van der Waals surface area (Å²) in [5.41, 5.74) is 0.322. The second kappa shape index (κ2) is 5.30. The Balaban J connectivity index is 2.06. The molecule has 2 heterocycles. The molecule has 1 aliphatic heterocycles. The fraction of sp³-hybridized carbons (Fsp3) is 0.636. The normalized spacial score (nSPS) is 26.8. The summed E-state index contributed by atoms with van der Waals surface area (Å²) >= 11 is 8.99. The lowest BCUT2D eigenvalue weighted by molar-refractivity contribution is 0.00654. The molecule has 0 bridgehead atoms. The van der Waals surface area contributed by atoms with Gasteiger partial charge >= 0.3 is 0 Å². The van der Waals surface area contributed by atoms with Crippen LogP contribution in [0.25, 0.3) is 0 Å². The van der Waals surface area contributed by atoms with E-state index < -0.39 is 0 Å². The molecule has 2 rings (SSSR count). The fourth-order valence-corrected chi connectivity index (χ4v) is 4.32. The number of thiophene rings is 1. The second-order valence-corrected chi connectivity index (χ2v) is 7.28. The van der Waals surface area contributed by atoms with Crippen LogP contribution in [0.3, 0.4) is 0 Å². The zero-order chi connectivity index (χ0) is 10.7. The van der Waals surface area contributed by atoms with Crippen LogP contribution in [0.5, 0.6) is 0 Å². The Kier molecular flexibility index (Phi) is 4.27. The summed E-state index contributed by atoms with van der Waals surface area (Å²) in [7, 11) is 0. The van der Waals surface area contributed by atoms with Gasteiger partial charge in [-0.05, 0) is 47.3 Å². The number of alkyl halides is 1. The molecule has 1 nitrogen and oxygen atoms in total. The third-order valence-electron chi connectivity index (χ3n) is 2.87. The van der Waals surface area contributed by atoms with Crippen LogP contribution < -0.4 is 0 Å². The highest BCUT2D eigenvalue weighted by molar-refractivity contribution is 9.11. The highest BCUT2D eigenvalue weighted by Gasteiger charge is 2.32. The van der Waals surface area contributed by atoms with Crippen LogP contribution in [-0.4, -0.2) is 18.5 Å². The van der Waals surface area contributed by atoms with E-state index in [0.29, 0.717) is 5.41 Å². The summed E-state index contributed by atoms with van der Waals surface area (Å²) in [6.45, 7) is 1.83. The average molecular weight is 354 g/mol. The SMILES string of the molecule is BrCC1(Cc2ccc(Br)s2)CCCOC1. The van der Waals surface area contributed by atoms with Crippen molar-refractivity contribution in [1.82, 2.24) is 0 Å². The third kappa shape index (κ3) is 3.05. The van der Waals surface area contributed by atoms with Gasteiger partial charge in [-0.15, -0.1) is 11.3 Å². The maximum Gasteiger partial charge on any atom is 0.0701 e. The van der Waals surface area contributed by atoms with Crippen LogP contribution in [0.15, 0.2) is 15.9 Å². The van der Waals surface area contributed by atoms with E-state index in [9.17, 15) is 0 Å². The highest BCUT2D eigenvalue weighted by atomic mass is 79.9. The lowest BCUT2D eigenvalue weighted by atomic mass is 9.81. The molecule has 0 saturated carbocycles. The second-order valence-electron chi connectivity index (χ2n) is 4.17. The Morgan fingerprint density at radius 3 is 2.87 bits per heavy atom. The summed E-state index contributed by atoms with van der Waals surface area (Å²) in [5.74, 6) is 0. The summed E-state index contributed by atoms with van der Waals surface area (Å²) in [6, 6.07) is 4.35. The van der Waals surface area contributed by atoms with Gasteiger partial charge in [0.25, 0.3) is 0 Å². The molecule has 4 heteroatoms. The van der Waals surface area contributed by atoms with Crippen molar-refractivity contribution in [2.24, 2.45) is 5.41 Å². The van der Waals surface area contributed by atoms with Gasteiger partial charge < -0.3 is 4.74 Å². The molecule has 0 aromatic carbocycles. The van der Waals surface area contributed by atoms with Gasteiger partial charge in [-0.2, -0.15) is 0 Å². The first-order valence-electron chi connectivity index (χ1n) is 5.12. The lowest BCUT2D eigenvalue weighted by Gasteiger charge is -2.35. The van der Waals surface area contributed by atoms with E-state index in [1.165, 1.54) is 21.5 Å². The molecule has 0 amide bonds. The standard InChI is InChI=1S/C11H14Br2OS/c12-7-11(4-1-5-14-8-11)6-9-2-3-10(13)15-9/h2-3H,1,4-8H2. The Labute approximate surface area is 111 Å². The molecule has 0 N–H and O–H groups in total. The Morgan fingerprint density at radius 2 is 2.33 bits per heavy atom. The van der Waals surface area contributed by atoms with Crippen molar-refractivity contribution in [3.63, 3.8) is 0 Å². The molecule has 84 valence electrons. The zero-order valence-electron chi connectivity index (χ0n) is 8.47. The number of hydrogen-bond acceptors (Lipinski definition) is 2. The van der Waals surface area contributed by atoms with Crippen molar-refractivity contribution in [3.05, 3.63) is 20.8 Å². The molecular formula is C11H14Br2OS. The van der Waals surface area contributed by atoms with Gasteiger partial charge in [-0.25, -0.2) is 0 Å². The van der Waals surface area contributed by atoms with E-state index in [4.69, 9.17) is 4.74 Å². The van der Waals surface area contributed by atoms with Crippen LogP contribution in [-0.2, 0) is 11.2 Å². The maximum absolute atomic E-state index is 5.62. The Hall–Kier alpha value is 0.620. The van der Waals surface area contributed by atoms with Gasteiger partial charge in [0, 0.05) is 22.2 Å². The van der Waals surface area contributed by atoms with Crippen molar-refractivity contribution >= 4 is 43.2 Å². The first-order valence-corrected chi connectivity index (χ1v) is 7.85. The molecule has 1 aromatic rings. The van der Waals surface area contributed by atoms with Crippen LogP contribution in [0.4, 0.5) is 0 Å². The minimum atomic E-state index is 0.322. The summed E-state index contributed by atoms with van der Waals surface area (Å²) in [5, 5.41) is 1.04. The molecule has 1 saturated heterocycles. The molecule has 1 unspecified atom stereocenters. The van der Waals surface area contributed by atoms with Crippen molar-refractivity contribution in [2.75, 3.05) is 18.5 Å². The molecule has 0 radical (unpaired) electrons. The van der Waals surface area contributed by atoms with E-state index in [0.717, 1.165) is 25.0 Å². The molecule has 1 atom stereocenters. The van der Waals surface area contributed by atoms with Gasteiger partial charge in [-0.3, -0.25) is 0 Å². The average Bonchev–Trinajstić information content (AvgIpc) is 2.65. The molecular weight excluding hydrogens is 340 g/mol. The van der Waals surface area contributed by atoms with E-state index in [-0.39, 0.29) is 0 Å². The number of rotatable bonds is 3. The molecule has 15 heavy (non-hydrogen) atoms. The van der Waals surface area contributed by atoms with Crippen LogP contribution in [0.2, 0.25) is 0 Å². The largest absolute Gasteiger partial charge is 0.381 e. The van der Waals surface area contributed by atoms with E-state index in [1.807, 2.05) is 11.3 Å². The minimum Gasteiger partial charge on any atom is -0.381 e. The first kappa shape index (κ1) is 12.1.